The molecule has 7 heteroatoms. The number of carbonyl (C=O) groups excluding carboxylic acids is 1. The molecule has 0 radical (unpaired) electrons. The van der Waals surface area contributed by atoms with Gasteiger partial charge in [0.25, 0.3) is 5.91 Å². The van der Waals surface area contributed by atoms with E-state index < -0.39 is 0 Å². The van der Waals surface area contributed by atoms with Crippen molar-refractivity contribution in [2.24, 2.45) is 0 Å². The summed E-state index contributed by atoms with van der Waals surface area (Å²) < 4.78 is 5.22. The third kappa shape index (κ3) is 3.73. The molecule has 0 saturated carbocycles. The lowest BCUT2D eigenvalue weighted by Gasteiger charge is -2.33. The zero-order chi connectivity index (χ0) is 16.2. The minimum atomic E-state index is -0.165. The van der Waals surface area contributed by atoms with Crippen LogP contribution in [0.3, 0.4) is 0 Å². The Hall–Kier alpha value is -2.28. The molecule has 0 aromatic carbocycles. The first-order valence-corrected chi connectivity index (χ1v) is 7.84. The summed E-state index contributed by atoms with van der Waals surface area (Å²) in [5.41, 5.74) is 2.44. The number of piperidine rings is 1. The molecular formula is C16H21N5O2. The third-order valence-corrected chi connectivity index (χ3v) is 4.20. The number of nitrogens with one attached hydrogen (secondary N) is 1. The van der Waals surface area contributed by atoms with E-state index in [9.17, 15) is 4.79 Å². The van der Waals surface area contributed by atoms with Crippen LogP contribution in [0.15, 0.2) is 23.1 Å². The molecule has 1 unspecified atom stereocenters. The predicted octanol–water partition coefficient (Wildman–Crippen LogP) is 1.48. The number of hydrogen-bond acceptors (Lipinski definition) is 6. The van der Waals surface area contributed by atoms with Gasteiger partial charge in [-0.15, -0.1) is 0 Å². The van der Waals surface area contributed by atoms with E-state index in [1.807, 2.05) is 13.8 Å². The van der Waals surface area contributed by atoms with E-state index in [2.05, 4.69) is 25.3 Å². The van der Waals surface area contributed by atoms with Gasteiger partial charge in [0.15, 0.2) is 0 Å². The monoisotopic (exact) mass is 315 g/mol. The first kappa shape index (κ1) is 15.6. The van der Waals surface area contributed by atoms with Crippen LogP contribution in [0, 0.1) is 13.8 Å². The molecule has 2 aromatic heterocycles. The summed E-state index contributed by atoms with van der Waals surface area (Å²) in [5.74, 6) is 0.704. The molecule has 1 atom stereocenters. The first-order chi connectivity index (χ1) is 11.1. The molecule has 1 N–H and O–H groups in total. The summed E-state index contributed by atoms with van der Waals surface area (Å²) in [5, 5.41) is 7.05. The van der Waals surface area contributed by atoms with E-state index in [4.69, 9.17) is 4.52 Å². The van der Waals surface area contributed by atoms with Crippen molar-refractivity contribution >= 4 is 5.91 Å². The van der Waals surface area contributed by atoms with Crippen molar-refractivity contribution in [1.82, 2.24) is 25.3 Å². The molecule has 0 aliphatic carbocycles. The van der Waals surface area contributed by atoms with Gasteiger partial charge in [-0.3, -0.25) is 14.7 Å². The van der Waals surface area contributed by atoms with Crippen LogP contribution in [0.4, 0.5) is 0 Å². The highest BCUT2D eigenvalue weighted by Gasteiger charge is 2.24. The summed E-state index contributed by atoms with van der Waals surface area (Å²) in [6.45, 7) is 6.53. The third-order valence-electron chi connectivity index (χ3n) is 4.20. The maximum absolute atomic E-state index is 12.2. The molecule has 1 saturated heterocycles. The van der Waals surface area contributed by atoms with Crippen LogP contribution < -0.4 is 5.32 Å². The molecule has 0 spiro atoms. The van der Waals surface area contributed by atoms with Crippen LogP contribution in [0.1, 0.15) is 40.3 Å². The van der Waals surface area contributed by atoms with E-state index in [1.165, 1.54) is 12.4 Å². The van der Waals surface area contributed by atoms with Crippen LogP contribution in [0.2, 0.25) is 0 Å². The molecule has 0 bridgehead atoms. The summed E-state index contributed by atoms with van der Waals surface area (Å²) in [6.07, 6.45) is 6.60. The molecule has 2 aromatic rings. The SMILES string of the molecule is Cc1noc(C)c1CN1CCCC(NC(=O)c2cnccn2)C1. The van der Waals surface area contributed by atoms with E-state index in [0.29, 0.717) is 5.69 Å². The fourth-order valence-corrected chi connectivity index (χ4v) is 2.94. The van der Waals surface area contributed by atoms with Crippen molar-refractivity contribution in [3.8, 4) is 0 Å². The van der Waals surface area contributed by atoms with Gasteiger partial charge in [-0.05, 0) is 33.2 Å². The second-order valence-corrected chi connectivity index (χ2v) is 5.94. The van der Waals surface area contributed by atoms with Crippen molar-refractivity contribution < 1.29 is 9.32 Å². The van der Waals surface area contributed by atoms with Crippen LogP contribution in [-0.2, 0) is 6.54 Å². The van der Waals surface area contributed by atoms with Gasteiger partial charge in [0.05, 0.1) is 11.9 Å². The van der Waals surface area contributed by atoms with E-state index in [0.717, 1.165) is 49.5 Å². The lowest BCUT2D eigenvalue weighted by molar-refractivity contribution is 0.0895. The number of aromatic nitrogens is 3. The van der Waals surface area contributed by atoms with E-state index in [1.54, 1.807) is 6.20 Å². The molecule has 23 heavy (non-hydrogen) atoms. The minimum Gasteiger partial charge on any atom is -0.361 e. The Kier molecular flexibility index (Phi) is 4.66. The van der Waals surface area contributed by atoms with Crippen molar-refractivity contribution in [3.05, 3.63) is 41.3 Å². The molecule has 1 amide bonds. The molecule has 3 rings (SSSR count). The summed E-state index contributed by atoms with van der Waals surface area (Å²) in [7, 11) is 0. The standard InChI is InChI=1S/C16H21N5O2/c1-11-14(12(2)23-20-11)10-21-7-3-4-13(9-21)19-16(22)15-8-17-5-6-18-15/h5-6,8,13H,3-4,7,9-10H2,1-2H3,(H,19,22). The molecule has 1 fully saturated rings. The Bertz CT molecular complexity index is 651. The van der Waals surface area contributed by atoms with Crippen molar-refractivity contribution in [3.63, 3.8) is 0 Å². The Morgan fingerprint density at radius 3 is 3.00 bits per heavy atom. The summed E-state index contributed by atoms with van der Waals surface area (Å²) in [4.78, 5) is 22.5. The molecule has 122 valence electrons. The number of nitrogens with zero attached hydrogens (tertiary/aromatic N) is 4. The lowest BCUT2D eigenvalue weighted by Crippen LogP contribution is -2.47. The van der Waals surface area contributed by atoms with Gasteiger partial charge in [-0.1, -0.05) is 5.16 Å². The normalized spacial score (nSPS) is 18.8. The van der Waals surface area contributed by atoms with Crippen molar-refractivity contribution in [1.29, 1.82) is 0 Å². The largest absolute Gasteiger partial charge is 0.361 e. The number of hydrogen-bond donors (Lipinski definition) is 1. The minimum absolute atomic E-state index is 0.124. The molecule has 3 heterocycles. The Morgan fingerprint density at radius 1 is 1.43 bits per heavy atom. The second kappa shape index (κ2) is 6.87. The fraction of sp³-hybridized carbons (Fsp3) is 0.500. The molecular weight excluding hydrogens is 294 g/mol. The first-order valence-electron chi connectivity index (χ1n) is 7.84. The van der Waals surface area contributed by atoms with E-state index >= 15 is 0 Å². The number of carbonyl (C=O) groups is 1. The summed E-state index contributed by atoms with van der Waals surface area (Å²) >= 11 is 0. The Balaban J connectivity index is 1.59. The van der Waals surface area contributed by atoms with Crippen molar-refractivity contribution in [2.75, 3.05) is 13.1 Å². The van der Waals surface area contributed by atoms with E-state index in [-0.39, 0.29) is 11.9 Å². The lowest BCUT2D eigenvalue weighted by atomic mass is 10.0. The predicted molar refractivity (Wildman–Crippen MR) is 83.8 cm³/mol. The van der Waals surface area contributed by atoms with Crippen LogP contribution in [0.5, 0.6) is 0 Å². The average Bonchev–Trinajstić information content (AvgIpc) is 2.88. The van der Waals surface area contributed by atoms with Gasteiger partial charge in [0, 0.05) is 37.1 Å². The number of rotatable bonds is 4. The van der Waals surface area contributed by atoms with Crippen molar-refractivity contribution in [2.45, 2.75) is 39.3 Å². The van der Waals surface area contributed by atoms with Gasteiger partial charge in [0.2, 0.25) is 0 Å². The average molecular weight is 315 g/mol. The molecule has 1 aliphatic heterocycles. The fourth-order valence-electron chi connectivity index (χ4n) is 2.94. The number of amides is 1. The quantitative estimate of drug-likeness (QED) is 0.920. The van der Waals surface area contributed by atoms with Gasteiger partial charge < -0.3 is 9.84 Å². The number of likely N-dealkylation sites (tertiary alicyclic amines) is 1. The van der Waals surface area contributed by atoms with Gasteiger partial charge in [0.1, 0.15) is 11.5 Å². The zero-order valence-electron chi connectivity index (χ0n) is 13.5. The Morgan fingerprint density at radius 2 is 2.30 bits per heavy atom. The maximum Gasteiger partial charge on any atom is 0.271 e. The summed E-state index contributed by atoms with van der Waals surface area (Å²) in [6, 6.07) is 0.124. The molecule has 7 nitrogen and oxygen atoms in total. The smallest absolute Gasteiger partial charge is 0.271 e. The van der Waals surface area contributed by atoms with Gasteiger partial charge in [-0.2, -0.15) is 0 Å². The van der Waals surface area contributed by atoms with Crippen LogP contribution in [0.25, 0.3) is 0 Å². The molecule has 1 aliphatic rings. The topological polar surface area (TPSA) is 84.2 Å². The van der Waals surface area contributed by atoms with Crippen LogP contribution >= 0.6 is 0 Å². The van der Waals surface area contributed by atoms with Gasteiger partial charge in [-0.25, -0.2) is 4.98 Å². The van der Waals surface area contributed by atoms with Crippen LogP contribution in [-0.4, -0.2) is 45.1 Å². The number of aryl methyl sites for hydroxylation is 2. The second-order valence-electron chi connectivity index (χ2n) is 5.94. The Labute approximate surface area is 135 Å². The zero-order valence-corrected chi connectivity index (χ0v) is 13.5. The van der Waals surface area contributed by atoms with Gasteiger partial charge >= 0.3 is 0 Å². The highest BCUT2D eigenvalue weighted by atomic mass is 16.5. The maximum atomic E-state index is 12.2. The highest BCUT2D eigenvalue weighted by molar-refractivity contribution is 5.92. The highest BCUT2D eigenvalue weighted by Crippen LogP contribution is 2.18.